The fraction of sp³-hybridized carbons (Fsp3) is 0.375. The molecule has 2 heterocycles. The number of nitrogens with one attached hydrogen (secondary N) is 1. The van der Waals surface area contributed by atoms with Crippen LogP contribution in [0, 0.1) is 0 Å². The summed E-state index contributed by atoms with van der Waals surface area (Å²) in [6, 6.07) is 3.91. The average molecular weight is 382 g/mol. The summed E-state index contributed by atoms with van der Waals surface area (Å²) in [7, 11) is 1.37. The molecule has 3 rings (SSSR count). The number of esters is 1. The number of methoxy groups -OCH3 is 1. The zero-order valence-electron chi connectivity index (χ0n) is 12.4. The van der Waals surface area contributed by atoms with Gasteiger partial charge in [0.2, 0.25) is 0 Å². The lowest BCUT2D eigenvalue weighted by Crippen LogP contribution is -2.33. The SMILES string of the molecule is COC(=O)C1=C(C)NC2=C(C(=O)CCC2)[C@H]1c1ccc(Br)s1. The van der Waals surface area contributed by atoms with Gasteiger partial charge < -0.3 is 10.1 Å². The minimum atomic E-state index is -0.385. The van der Waals surface area contributed by atoms with Gasteiger partial charge in [-0.3, -0.25) is 4.79 Å². The van der Waals surface area contributed by atoms with E-state index in [4.69, 9.17) is 4.74 Å². The van der Waals surface area contributed by atoms with Gasteiger partial charge in [-0.05, 0) is 47.8 Å². The predicted octanol–water partition coefficient (Wildman–Crippen LogP) is 3.65. The molecule has 1 N–H and O–H groups in total. The molecule has 22 heavy (non-hydrogen) atoms. The number of hydrogen-bond donors (Lipinski definition) is 1. The molecule has 0 fully saturated rings. The second kappa shape index (κ2) is 6.01. The monoisotopic (exact) mass is 381 g/mol. The largest absolute Gasteiger partial charge is 0.466 e. The van der Waals surface area contributed by atoms with Crippen LogP contribution < -0.4 is 5.32 Å². The summed E-state index contributed by atoms with van der Waals surface area (Å²) in [5.41, 5.74) is 2.99. The van der Waals surface area contributed by atoms with Gasteiger partial charge in [0.15, 0.2) is 5.78 Å². The first-order chi connectivity index (χ1) is 10.5. The maximum atomic E-state index is 12.5. The molecule has 6 heteroatoms. The molecule has 2 aliphatic rings. The predicted molar refractivity (Wildman–Crippen MR) is 88.5 cm³/mol. The van der Waals surface area contributed by atoms with E-state index in [-0.39, 0.29) is 17.7 Å². The minimum Gasteiger partial charge on any atom is -0.466 e. The van der Waals surface area contributed by atoms with Crippen LogP contribution in [0.15, 0.2) is 38.5 Å². The Kier molecular flexibility index (Phi) is 4.23. The summed E-state index contributed by atoms with van der Waals surface area (Å²) in [6.45, 7) is 1.87. The summed E-state index contributed by atoms with van der Waals surface area (Å²) < 4.78 is 5.94. The topological polar surface area (TPSA) is 55.4 Å². The Bertz CT molecular complexity index is 717. The Labute approximate surface area is 141 Å². The molecule has 0 aromatic carbocycles. The fourth-order valence-corrected chi connectivity index (χ4v) is 4.68. The molecular formula is C16H16BrNO3S. The van der Waals surface area contributed by atoms with Crippen molar-refractivity contribution in [2.75, 3.05) is 7.11 Å². The summed E-state index contributed by atoms with van der Waals surface area (Å²) in [5.74, 6) is -0.588. The zero-order valence-corrected chi connectivity index (χ0v) is 14.8. The van der Waals surface area contributed by atoms with E-state index in [0.717, 1.165) is 38.5 Å². The van der Waals surface area contributed by atoms with Gasteiger partial charge in [0.05, 0.1) is 22.4 Å². The van der Waals surface area contributed by atoms with Crippen molar-refractivity contribution in [2.24, 2.45) is 0 Å². The number of halogens is 1. The van der Waals surface area contributed by atoms with Gasteiger partial charge >= 0.3 is 5.97 Å². The van der Waals surface area contributed by atoms with Crippen molar-refractivity contribution in [1.29, 1.82) is 0 Å². The number of Topliss-reactive ketones (excluding diaryl/α,β-unsaturated/α-hetero) is 1. The van der Waals surface area contributed by atoms with Crippen LogP contribution in [0.3, 0.4) is 0 Å². The first kappa shape index (κ1) is 15.5. The highest BCUT2D eigenvalue weighted by atomic mass is 79.9. The van der Waals surface area contributed by atoms with Gasteiger partial charge in [-0.15, -0.1) is 11.3 Å². The van der Waals surface area contributed by atoms with E-state index >= 15 is 0 Å². The highest BCUT2D eigenvalue weighted by Gasteiger charge is 2.39. The van der Waals surface area contributed by atoms with Gasteiger partial charge in [-0.25, -0.2) is 4.79 Å². The molecule has 0 radical (unpaired) electrons. The van der Waals surface area contributed by atoms with Crippen molar-refractivity contribution in [1.82, 2.24) is 5.32 Å². The molecule has 0 amide bonds. The van der Waals surface area contributed by atoms with Crippen LogP contribution in [0.1, 0.15) is 37.0 Å². The molecule has 0 spiro atoms. The number of carbonyl (C=O) groups excluding carboxylic acids is 2. The van der Waals surface area contributed by atoms with Crippen LogP contribution in [0.4, 0.5) is 0 Å². The molecule has 0 saturated heterocycles. The average Bonchev–Trinajstić information content (AvgIpc) is 2.91. The molecular weight excluding hydrogens is 366 g/mol. The molecule has 1 aromatic rings. The summed E-state index contributed by atoms with van der Waals surface area (Å²) >= 11 is 5.01. The number of rotatable bonds is 2. The van der Waals surface area contributed by atoms with E-state index < -0.39 is 0 Å². The van der Waals surface area contributed by atoms with Gasteiger partial charge in [-0.2, -0.15) is 0 Å². The molecule has 116 valence electrons. The van der Waals surface area contributed by atoms with Crippen molar-refractivity contribution in [3.05, 3.63) is 43.3 Å². The van der Waals surface area contributed by atoms with E-state index in [1.165, 1.54) is 7.11 Å². The second-order valence-electron chi connectivity index (χ2n) is 5.40. The second-order valence-corrected chi connectivity index (χ2v) is 7.89. The van der Waals surface area contributed by atoms with Crippen LogP contribution >= 0.6 is 27.3 Å². The molecule has 1 aromatic heterocycles. The normalized spacial score (nSPS) is 21.6. The van der Waals surface area contributed by atoms with Gasteiger partial charge in [-0.1, -0.05) is 0 Å². The van der Waals surface area contributed by atoms with Crippen molar-refractivity contribution < 1.29 is 14.3 Å². The van der Waals surface area contributed by atoms with E-state index in [2.05, 4.69) is 21.2 Å². The third-order valence-electron chi connectivity index (χ3n) is 4.06. The molecule has 0 saturated carbocycles. The molecule has 1 aliphatic heterocycles. The van der Waals surface area contributed by atoms with Crippen LogP contribution in [0.2, 0.25) is 0 Å². The minimum absolute atomic E-state index is 0.122. The smallest absolute Gasteiger partial charge is 0.336 e. The highest BCUT2D eigenvalue weighted by Crippen LogP contribution is 2.45. The number of dihydropyridines is 1. The lowest BCUT2D eigenvalue weighted by molar-refractivity contribution is -0.136. The lowest BCUT2D eigenvalue weighted by atomic mass is 9.78. The molecule has 0 unspecified atom stereocenters. The number of hydrogen-bond acceptors (Lipinski definition) is 5. The van der Waals surface area contributed by atoms with E-state index in [1.807, 2.05) is 19.1 Å². The van der Waals surface area contributed by atoms with E-state index in [0.29, 0.717) is 12.0 Å². The van der Waals surface area contributed by atoms with Gasteiger partial charge in [0, 0.05) is 28.3 Å². The number of thiophene rings is 1. The van der Waals surface area contributed by atoms with Crippen molar-refractivity contribution in [3.63, 3.8) is 0 Å². The number of allylic oxidation sites excluding steroid dienone is 3. The first-order valence-electron chi connectivity index (χ1n) is 7.10. The van der Waals surface area contributed by atoms with Crippen LogP contribution in [0.5, 0.6) is 0 Å². The molecule has 4 nitrogen and oxygen atoms in total. The Morgan fingerprint density at radius 1 is 1.41 bits per heavy atom. The van der Waals surface area contributed by atoms with Crippen LogP contribution in [-0.2, 0) is 14.3 Å². The van der Waals surface area contributed by atoms with E-state index in [1.54, 1.807) is 11.3 Å². The fourth-order valence-electron chi connectivity index (χ4n) is 3.13. The third kappa shape index (κ3) is 2.54. The zero-order chi connectivity index (χ0) is 15.9. The van der Waals surface area contributed by atoms with Crippen LogP contribution in [0.25, 0.3) is 0 Å². The highest BCUT2D eigenvalue weighted by molar-refractivity contribution is 9.11. The van der Waals surface area contributed by atoms with Crippen LogP contribution in [-0.4, -0.2) is 18.9 Å². The molecule has 0 bridgehead atoms. The quantitative estimate of drug-likeness (QED) is 0.794. The molecule has 1 atom stereocenters. The number of ketones is 1. The number of ether oxygens (including phenoxy) is 1. The maximum Gasteiger partial charge on any atom is 0.336 e. The summed E-state index contributed by atoms with van der Waals surface area (Å²) in [5, 5.41) is 3.25. The first-order valence-corrected chi connectivity index (χ1v) is 8.71. The Morgan fingerprint density at radius 3 is 2.82 bits per heavy atom. The summed E-state index contributed by atoms with van der Waals surface area (Å²) in [4.78, 5) is 25.8. The maximum absolute atomic E-state index is 12.5. The Balaban J connectivity index is 2.18. The standard InChI is InChI=1S/C16H16BrNO3S/c1-8-13(16(20)21-2)15(11-6-7-12(17)22-11)14-9(18-8)4-3-5-10(14)19/h6-7,15,18H,3-5H2,1-2H3/t15-/m0/s1. The van der Waals surface area contributed by atoms with E-state index in [9.17, 15) is 9.59 Å². The van der Waals surface area contributed by atoms with Crippen molar-refractivity contribution in [3.8, 4) is 0 Å². The van der Waals surface area contributed by atoms with Gasteiger partial charge in [0.25, 0.3) is 0 Å². The lowest BCUT2D eigenvalue weighted by Gasteiger charge is -2.33. The number of carbonyl (C=O) groups is 2. The Hall–Kier alpha value is -1.40. The molecule has 1 aliphatic carbocycles. The van der Waals surface area contributed by atoms with Crippen molar-refractivity contribution in [2.45, 2.75) is 32.1 Å². The third-order valence-corrected chi connectivity index (χ3v) is 5.75. The van der Waals surface area contributed by atoms with Gasteiger partial charge in [0.1, 0.15) is 0 Å². The Morgan fingerprint density at radius 2 is 2.18 bits per heavy atom. The van der Waals surface area contributed by atoms with Crippen molar-refractivity contribution >= 4 is 39.0 Å². The summed E-state index contributed by atoms with van der Waals surface area (Å²) in [6.07, 6.45) is 2.24.